The lowest BCUT2D eigenvalue weighted by Crippen LogP contribution is -1.98. The Hall–Kier alpha value is -1.88. The van der Waals surface area contributed by atoms with Crippen LogP contribution in [0, 0.1) is 10.1 Å². The van der Waals surface area contributed by atoms with Crippen LogP contribution in [0.15, 0.2) is 30.3 Å². The lowest BCUT2D eigenvalue weighted by Gasteiger charge is -2.02. The second-order valence-electron chi connectivity index (χ2n) is 3.90. The summed E-state index contributed by atoms with van der Waals surface area (Å²) < 4.78 is 1.51. The van der Waals surface area contributed by atoms with Crippen LogP contribution in [0.1, 0.15) is 19.0 Å². The molecule has 18 heavy (non-hydrogen) atoms. The lowest BCUT2D eigenvalue weighted by molar-refractivity contribution is -0.384. The van der Waals surface area contributed by atoms with E-state index in [9.17, 15) is 10.1 Å². The van der Waals surface area contributed by atoms with Crippen LogP contribution >= 0.6 is 11.6 Å². The maximum absolute atomic E-state index is 10.7. The zero-order valence-corrected chi connectivity index (χ0v) is 10.6. The van der Waals surface area contributed by atoms with Gasteiger partial charge in [-0.25, -0.2) is 4.68 Å². The molecule has 0 amide bonds. The molecule has 0 unspecified atom stereocenters. The molecular weight excluding hydrogens is 254 g/mol. The first-order chi connectivity index (χ1) is 8.61. The summed E-state index contributed by atoms with van der Waals surface area (Å²) in [5, 5.41) is 15.5. The monoisotopic (exact) mass is 265 g/mol. The maximum Gasteiger partial charge on any atom is 0.271 e. The molecule has 0 saturated carbocycles. The Morgan fingerprint density at radius 1 is 1.44 bits per heavy atom. The Kier molecular flexibility index (Phi) is 3.62. The molecule has 6 heteroatoms. The minimum Gasteiger partial charge on any atom is -0.258 e. The number of non-ortho nitro benzene ring substituents is 1. The van der Waals surface area contributed by atoms with Crippen LogP contribution in [0.3, 0.4) is 0 Å². The van der Waals surface area contributed by atoms with Gasteiger partial charge < -0.3 is 0 Å². The third-order valence-corrected chi connectivity index (χ3v) is 2.78. The van der Waals surface area contributed by atoms with Crippen molar-refractivity contribution in [2.75, 3.05) is 0 Å². The van der Waals surface area contributed by atoms with Crippen molar-refractivity contribution in [3.05, 3.63) is 51.3 Å². The van der Waals surface area contributed by atoms with Gasteiger partial charge in [-0.3, -0.25) is 10.1 Å². The molecule has 94 valence electrons. The number of hydrogen-bond donors (Lipinski definition) is 0. The molecule has 0 radical (unpaired) electrons. The number of nitro benzene ring substituents is 1. The van der Waals surface area contributed by atoms with Crippen LogP contribution in [0.4, 0.5) is 5.69 Å². The minimum atomic E-state index is -0.437. The first-order valence-corrected chi connectivity index (χ1v) is 5.99. The van der Waals surface area contributed by atoms with Crippen LogP contribution in [-0.2, 0) is 6.42 Å². The van der Waals surface area contributed by atoms with Crippen molar-refractivity contribution >= 4 is 17.3 Å². The predicted octanol–water partition coefficient (Wildman–Crippen LogP) is 3.39. The minimum absolute atomic E-state index is 0.0242. The van der Waals surface area contributed by atoms with Gasteiger partial charge in [0.15, 0.2) is 0 Å². The van der Waals surface area contributed by atoms with Crippen LogP contribution in [0.25, 0.3) is 5.69 Å². The smallest absolute Gasteiger partial charge is 0.258 e. The molecule has 0 bridgehead atoms. The second-order valence-corrected chi connectivity index (χ2v) is 4.28. The van der Waals surface area contributed by atoms with Gasteiger partial charge in [-0.1, -0.05) is 31.0 Å². The molecule has 0 N–H and O–H groups in total. The molecule has 0 aliphatic rings. The quantitative estimate of drug-likeness (QED) is 0.629. The molecule has 5 nitrogen and oxygen atoms in total. The van der Waals surface area contributed by atoms with Crippen LogP contribution < -0.4 is 0 Å². The maximum atomic E-state index is 10.7. The van der Waals surface area contributed by atoms with Gasteiger partial charge >= 0.3 is 0 Å². The zero-order chi connectivity index (χ0) is 13.1. The van der Waals surface area contributed by atoms with Gasteiger partial charge in [0.1, 0.15) is 5.15 Å². The highest BCUT2D eigenvalue weighted by molar-refractivity contribution is 6.29. The molecule has 0 fully saturated rings. The molecule has 1 heterocycles. The molecule has 1 aromatic heterocycles. The van der Waals surface area contributed by atoms with Gasteiger partial charge in [-0.15, -0.1) is 0 Å². The first kappa shape index (κ1) is 12.6. The molecular formula is C12H12ClN3O2. The number of aromatic nitrogens is 2. The van der Waals surface area contributed by atoms with Gasteiger partial charge in [0, 0.05) is 12.1 Å². The number of aryl methyl sites for hydroxylation is 1. The highest BCUT2D eigenvalue weighted by Gasteiger charge is 2.11. The van der Waals surface area contributed by atoms with E-state index in [-0.39, 0.29) is 5.69 Å². The van der Waals surface area contributed by atoms with Crippen LogP contribution in [-0.4, -0.2) is 14.7 Å². The van der Waals surface area contributed by atoms with E-state index in [4.69, 9.17) is 11.6 Å². The summed E-state index contributed by atoms with van der Waals surface area (Å²) >= 11 is 6.08. The third-order valence-electron chi connectivity index (χ3n) is 2.51. The highest BCUT2D eigenvalue weighted by atomic mass is 35.5. The lowest BCUT2D eigenvalue weighted by atomic mass is 10.3. The fourth-order valence-corrected chi connectivity index (χ4v) is 1.96. The van der Waals surface area contributed by atoms with E-state index in [1.54, 1.807) is 18.2 Å². The molecule has 1 aromatic carbocycles. The number of halogens is 1. The summed E-state index contributed by atoms with van der Waals surface area (Å²) in [6.07, 6.45) is 1.81. The number of nitrogens with zero attached hydrogens (tertiary/aromatic N) is 3. The van der Waals surface area contributed by atoms with Gasteiger partial charge in [-0.05, 0) is 18.6 Å². The molecule has 0 saturated heterocycles. The molecule has 0 aliphatic heterocycles. The van der Waals surface area contributed by atoms with E-state index in [1.165, 1.54) is 16.8 Å². The van der Waals surface area contributed by atoms with E-state index >= 15 is 0 Å². The summed E-state index contributed by atoms with van der Waals surface area (Å²) in [4.78, 5) is 10.3. The summed E-state index contributed by atoms with van der Waals surface area (Å²) in [5.74, 6) is 0. The van der Waals surface area contributed by atoms with E-state index in [2.05, 4.69) is 12.0 Å². The standard InChI is InChI=1S/C12H12ClN3O2/c1-2-4-9-7-12(13)15(14-9)10-5-3-6-11(8-10)16(17)18/h3,5-8H,2,4H2,1H3. The first-order valence-electron chi connectivity index (χ1n) is 5.61. The number of nitro groups is 1. The molecule has 0 spiro atoms. The Morgan fingerprint density at radius 3 is 2.89 bits per heavy atom. The van der Waals surface area contributed by atoms with E-state index in [0.29, 0.717) is 10.8 Å². The van der Waals surface area contributed by atoms with Gasteiger partial charge in [-0.2, -0.15) is 5.10 Å². The predicted molar refractivity (Wildman–Crippen MR) is 69.2 cm³/mol. The average molecular weight is 266 g/mol. The summed E-state index contributed by atoms with van der Waals surface area (Å²) in [5.41, 5.74) is 1.50. The van der Waals surface area contributed by atoms with Crippen molar-refractivity contribution in [2.24, 2.45) is 0 Å². The van der Waals surface area contributed by atoms with Gasteiger partial charge in [0.25, 0.3) is 5.69 Å². The van der Waals surface area contributed by atoms with Crippen molar-refractivity contribution in [1.29, 1.82) is 0 Å². The van der Waals surface area contributed by atoms with Crippen LogP contribution in [0.2, 0.25) is 5.15 Å². The van der Waals surface area contributed by atoms with E-state index in [1.807, 2.05) is 0 Å². The number of rotatable bonds is 4. The van der Waals surface area contributed by atoms with E-state index in [0.717, 1.165) is 18.5 Å². The van der Waals surface area contributed by atoms with Crippen LogP contribution in [0.5, 0.6) is 0 Å². The second kappa shape index (κ2) is 5.18. The molecule has 2 aromatic rings. The van der Waals surface area contributed by atoms with Crippen molar-refractivity contribution in [3.8, 4) is 5.69 Å². The normalized spacial score (nSPS) is 10.6. The summed E-state index contributed by atoms with van der Waals surface area (Å²) in [7, 11) is 0. The summed E-state index contributed by atoms with van der Waals surface area (Å²) in [6.45, 7) is 2.06. The molecule has 0 aliphatic carbocycles. The molecule has 0 atom stereocenters. The van der Waals surface area contributed by atoms with Gasteiger partial charge in [0.05, 0.1) is 16.3 Å². The third kappa shape index (κ3) is 2.51. The Balaban J connectivity index is 2.41. The average Bonchev–Trinajstić information content (AvgIpc) is 2.71. The van der Waals surface area contributed by atoms with Crippen molar-refractivity contribution < 1.29 is 4.92 Å². The highest BCUT2D eigenvalue weighted by Crippen LogP contribution is 2.21. The Labute approximate surface area is 109 Å². The summed E-state index contributed by atoms with van der Waals surface area (Å²) in [6, 6.07) is 8.03. The zero-order valence-electron chi connectivity index (χ0n) is 9.84. The van der Waals surface area contributed by atoms with E-state index < -0.39 is 4.92 Å². The molecule has 2 rings (SSSR count). The Bertz CT molecular complexity index is 580. The van der Waals surface area contributed by atoms with Crippen molar-refractivity contribution in [2.45, 2.75) is 19.8 Å². The number of benzene rings is 1. The fraction of sp³-hybridized carbons (Fsp3) is 0.250. The number of hydrogen-bond acceptors (Lipinski definition) is 3. The Morgan fingerprint density at radius 2 is 2.22 bits per heavy atom. The van der Waals surface area contributed by atoms with Crippen molar-refractivity contribution in [1.82, 2.24) is 9.78 Å². The van der Waals surface area contributed by atoms with Crippen molar-refractivity contribution in [3.63, 3.8) is 0 Å². The van der Waals surface area contributed by atoms with Gasteiger partial charge in [0.2, 0.25) is 0 Å². The fourth-order valence-electron chi connectivity index (χ4n) is 1.70. The largest absolute Gasteiger partial charge is 0.271 e. The SMILES string of the molecule is CCCc1cc(Cl)n(-c2cccc([N+](=O)[O-])c2)n1. The topological polar surface area (TPSA) is 61.0 Å².